The van der Waals surface area contributed by atoms with E-state index in [1.807, 2.05) is 18.2 Å². The molecule has 0 radical (unpaired) electrons. The minimum absolute atomic E-state index is 0.0554. The number of nitrogens with one attached hydrogen (secondary N) is 1. The summed E-state index contributed by atoms with van der Waals surface area (Å²) >= 11 is 0. The molecule has 6 heteroatoms. The molecule has 1 heterocycles. The van der Waals surface area contributed by atoms with Gasteiger partial charge in [-0.3, -0.25) is 4.79 Å². The van der Waals surface area contributed by atoms with E-state index in [0.29, 0.717) is 0 Å². The summed E-state index contributed by atoms with van der Waals surface area (Å²) in [5.41, 5.74) is 8.93. The summed E-state index contributed by atoms with van der Waals surface area (Å²) in [4.78, 5) is 11.9. The van der Waals surface area contributed by atoms with Gasteiger partial charge >= 0.3 is 0 Å². The zero-order valence-electron chi connectivity index (χ0n) is 10.4. The Balaban J connectivity index is 1.67. The molecule has 1 aromatic heterocycles. The van der Waals surface area contributed by atoms with E-state index in [1.54, 1.807) is 12.4 Å². The van der Waals surface area contributed by atoms with E-state index in [0.717, 1.165) is 18.5 Å². The van der Waals surface area contributed by atoms with Crippen LogP contribution < -0.4 is 11.1 Å². The SMILES string of the molecule is Nc1ccc2c(c1)CCC2NC(=O)Cn1ccnn1. The van der Waals surface area contributed by atoms with Gasteiger partial charge in [0.05, 0.1) is 12.2 Å². The number of anilines is 1. The summed E-state index contributed by atoms with van der Waals surface area (Å²) < 4.78 is 1.51. The Morgan fingerprint density at radius 2 is 2.42 bits per heavy atom. The minimum Gasteiger partial charge on any atom is -0.399 e. The molecule has 0 bridgehead atoms. The summed E-state index contributed by atoms with van der Waals surface area (Å²) in [7, 11) is 0. The lowest BCUT2D eigenvalue weighted by Crippen LogP contribution is -2.30. The highest BCUT2D eigenvalue weighted by molar-refractivity contribution is 5.76. The number of rotatable bonds is 3. The predicted molar refractivity (Wildman–Crippen MR) is 70.1 cm³/mol. The van der Waals surface area contributed by atoms with Gasteiger partial charge in [-0.05, 0) is 36.1 Å². The highest BCUT2D eigenvalue weighted by Crippen LogP contribution is 2.32. The molecule has 0 saturated heterocycles. The van der Waals surface area contributed by atoms with Gasteiger partial charge in [0.2, 0.25) is 5.91 Å². The first-order valence-electron chi connectivity index (χ1n) is 6.24. The Morgan fingerprint density at radius 1 is 1.53 bits per heavy atom. The van der Waals surface area contributed by atoms with Crippen LogP contribution in [0.1, 0.15) is 23.6 Å². The van der Waals surface area contributed by atoms with Crippen LogP contribution in [-0.4, -0.2) is 20.9 Å². The largest absolute Gasteiger partial charge is 0.399 e. The second-order valence-electron chi connectivity index (χ2n) is 4.72. The zero-order valence-corrected chi connectivity index (χ0v) is 10.4. The van der Waals surface area contributed by atoms with Crippen molar-refractivity contribution in [2.24, 2.45) is 0 Å². The summed E-state index contributed by atoms with van der Waals surface area (Å²) in [5.74, 6) is -0.0554. The van der Waals surface area contributed by atoms with Gasteiger partial charge in [-0.15, -0.1) is 5.10 Å². The second kappa shape index (κ2) is 4.72. The lowest BCUT2D eigenvalue weighted by Gasteiger charge is -2.14. The number of carbonyl (C=O) groups excluding carboxylic acids is 1. The van der Waals surface area contributed by atoms with Crippen LogP contribution in [0, 0.1) is 0 Å². The van der Waals surface area contributed by atoms with Gasteiger partial charge in [-0.25, -0.2) is 4.68 Å². The van der Waals surface area contributed by atoms with Gasteiger partial charge in [-0.1, -0.05) is 11.3 Å². The summed E-state index contributed by atoms with van der Waals surface area (Å²) in [5, 5.41) is 10.5. The van der Waals surface area contributed by atoms with Crippen molar-refractivity contribution in [1.82, 2.24) is 20.3 Å². The number of hydrogen-bond acceptors (Lipinski definition) is 4. The zero-order chi connectivity index (χ0) is 13.2. The topological polar surface area (TPSA) is 85.8 Å². The van der Waals surface area contributed by atoms with Gasteiger partial charge in [0.15, 0.2) is 0 Å². The monoisotopic (exact) mass is 257 g/mol. The second-order valence-corrected chi connectivity index (χ2v) is 4.72. The molecule has 3 N–H and O–H groups in total. The number of nitrogens with two attached hydrogens (primary N) is 1. The average Bonchev–Trinajstić information content (AvgIpc) is 2.99. The maximum absolute atomic E-state index is 11.9. The van der Waals surface area contributed by atoms with Crippen molar-refractivity contribution >= 4 is 11.6 Å². The number of aryl methyl sites for hydroxylation is 1. The fraction of sp³-hybridized carbons (Fsp3) is 0.308. The minimum atomic E-state index is -0.0554. The molecule has 1 amide bonds. The first kappa shape index (κ1) is 11.7. The van der Waals surface area contributed by atoms with E-state index in [1.165, 1.54) is 15.8 Å². The van der Waals surface area contributed by atoms with Crippen LogP contribution >= 0.6 is 0 Å². The highest BCUT2D eigenvalue weighted by atomic mass is 16.2. The number of carbonyl (C=O) groups is 1. The molecular weight excluding hydrogens is 242 g/mol. The number of nitrogens with zero attached hydrogens (tertiary/aromatic N) is 3. The van der Waals surface area contributed by atoms with Gasteiger partial charge in [0.1, 0.15) is 6.54 Å². The third-order valence-electron chi connectivity index (χ3n) is 3.36. The summed E-state index contributed by atoms with van der Waals surface area (Å²) in [6.07, 6.45) is 5.10. The van der Waals surface area contributed by atoms with Crippen LogP contribution in [0.2, 0.25) is 0 Å². The summed E-state index contributed by atoms with van der Waals surface area (Å²) in [6, 6.07) is 5.93. The van der Waals surface area contributed by atoms with E-state index in [-0.39, 0.29) is 18.5 Å². The quantitative estimate of drug-likeness (QED) is 0.791. The Hall–Kier alpha value is -2.37. The van der Waals surface area contributed by atoms with Crippen molar-refractivity contribution in [2.75, 3.05) is 5.73 Å². The van der Waals surface area contributed by atoms with Crippen LogP contribution in [0.25, 0.3) is 0 Å². The number of amides is 1. The lowest BCUT2D eigenvalue weighted by molar-refractivity contribution is -0.122. The fourth-order valence-corrected chi connectivity index (χ4v) is 2.49. The number of fused-ring (bicyclic) bond motifs is 1. The van der Waals surface area contributed by atoms with Crippen LogP contribution in [0.5, 0.6) is 0 Å². The van der Waals surface area contributed by atoms with Crippen molar-refractivity contribution in [3.05, 3.63) is 41.7 Å². The molecule has 6 nitrogen and oxygen atoms in total. The molecule has 1 aliphatic rings. The molecule has 0 aliphatic heterocycles. The Kier molecular flexibility index (Phi) is 2.91. The molecule has 0 fully saturated rings. The first-order chi connectivity index (χ1) is 9.22. The van der Waals surface area contributed by atoms with Crippen molar-refractivity contribution in [1.29, 1.82) is 0 Å². The lowest BCUT2D eigenvalue weighted by atomic mass is 10.1. The Bertz CT molecular complexity index is 593. The Morgan fingerprint density at radius 3 is 3.21 bits per heavy atom. The van der Waals surface area contributed by atoms with Gasteiger partial charge < -0.3 is 11.1 Å². The molecule has 0 spiro atoms. The normalized spacial score (nSPS) is 17.2. The van der Waals surface area contributed by atoms with Crippen LogP contribution in [0.15, 0.2) is 30.6 Å². The van der Waals surface area contributed by atoms with Crippen LogP contribution in [0.4, 0.5) is 5.69 Å². The van der Waals surface area contributed by atoms with Crippen molar-refractivity contribution in [2.45, 2.75) is 25.4 Å². The van der Waals surface area contributed by atoms with Crippen LogP contribution in [-0.2, 0) is 17.8 Å². The first-order valence-corrected chi connectivity index (χ1v) is 6.24. The number of benzene rings is 1. The number of hydrogen-bond donors (Lipinski definition) is 2. The molecular formula is C13H15N5O. The fourth-order valence-electron chi connectivity index (χ4n) is 2.49. The molecule has 1 atom stereocenters. The maximum Gasteiger partial charge on any atom is 0.242 e. The third kappa shape index (κ3) is 2.42. The average molecular weight is 257 g/mol. The Labute approximate surface area is 110 Å². The molecule has 1 aliphatic carbocycles. The smallest absolute Gasteiger partial charge is 0.242 e. The van der Waals surface area contributed by atoms with Gasteiger partial charge in [0, 0.05) is 11.9 Å². The van der Waals surface area contributed by atoms with Crippen molar-refractivity contribution < 1.29 is 4.79 Å². The molecule has 3 rings (SSSR count). The third-order valence-corrected chi connectivity index (χ3v) is 3.36. The summed E-state index contributed by atoms with van der Waals surface area (Å²) in [6.45, 7) is 0.195. The highest BCUT2D eigenvalue weighted by Gasteiger charge is 2.23. The van der Waals surface area contributed by atoms with E-state index in [9.17, 15) is 4.79 Å². The van der Waals surface area contributed by atoms with E-state index in [2.05, 4.69) is 15.6 Å². The van der Waals surface area contributed by atoms with Gasteiger partial charge in [0.25, 0.3) is 0 Å². The molecule has 98 valence electrons. The van der Waals surface area contributed by atoms with E-state index < -0.39 is 0 Å². The molecule has 2 aromatic rings. The standard InChI is InChI=1S/C13H15N5O/c14-10-2-3-11-9(7-10)1-4-12(11)16-13(19)8-18-6-5-15-17-18/h2-3,5-7,12H,1,4,8,14H2,(H,16,19). The van der Waals surface area contributed by atoms with Crippen molar-refractivity contribution in [3.8, 4) is 0 Å². The van der Waals surface area contributed by atoms with Gasteiger partial charge in [-0.2, -0.15) is 0 Å². The predicted octanol–water partition coefficient (Wildman–Crippen LogP) is 0.664. The maximum atomic E-state index is 11.9. The van der Waals surface area contributed by atoms with E-state index in [4.69, 9.17) is 5.73 Å². The van der Waals surface area contributed by atoms with E-state index >= 15 is 0 Å². The number of nitrogen functional groups attached to an aromatic ring is 1. The molecule has 1 unspecified atom stereocenters. The molecule has 19 heavy (non-hydrogen) atoms. The van der Waals surface area contributed by atoms with Crippen molar-refractivity contribution in [3.63, 3.8) is 0 Å². The molecule has 1 aromatic carbocycles. The number of aromatic nitrogens is 3. The van der Waals surface area contributed by atoms with Crippen LogP contribution in [0.3, 0.4) is 0 Å². The molecule has 0 saturated carbocycles.